The van der Waals surface area contributed by atoms with Crippen LogP contribution in [0.3, 0.4) is 0 Å². The fourth-order valence-corrected chi connectivity index (χ4v) is 2.94. The molecule has 0 amide bonds. The van der Waals surface area contributed by atoms with Crippen LogP contribution in [0, 0.1) is 5.82 Å². The van der Waals surface area contributed by atoms with Crippen LogP contribution >= 0.6 is 11.6 Å². The summed E-state index contributed by atoms with van der Waals surface area (Å²) < 4.78 is 18.7. The van der Waals surface area contributed by atoms with Gasteiger partial charge in [0.15, 0.2) is 0 Å². The van der Waals surface area contributed by atoms with Crippen molar-refractivity contribution in [1.82, 2.24) is 10.3 Å². The largest absolute Gasteiger partial charge is 0.496 e. The molecular weight excluding hydrogens is 317 g/mol. The van der Waals surface area contributed by atoms with E-state index in [1.165, 1.54) is 6.07 Å². The van der Waals surface area contributed by atoms with Crippen LogP contribution in [0.1, 0.15) is 11.6 Å². The van der Waals surface area contributed by atoms with Gasteiger partial charge >= 0.3 is 0 Å². The van der Waals surface area contributed by atoms with Crippen molar-refractivity contribution < 1.29 is 9.13 Å². The third-order valence-corrected chi connectivity index (χ3v) is 4.19. The second-order valence-electron chi connectivity index (χ2n) is 5.44. The minimum atomic E-state index is -0.413. The van der Waals surface area contributed by atoms with Crippen LogP contribution in [0.5, 0.6) is 5.75 Å². The molecule has 0 bridgehead atoms. The van der Waals surface area contributed by atoms with Crippen LogP contribution in [-0.2, 0) is 0 Å². The fourth-order valence-electron chi connectivity index (χ4n) is 2.76. The topological polar surface area (TPSA) is 36.5 Å². The lowest BCUT2D eigenvalue weighted by atomic mass is 10.0. The summed E-state index contributed by atoms with van der Waals surface area (Å²) in [5.74, 6) is 0.459. The Bertz CT molecular complexity index is 683. The molecule has 1 aliphatic rings. The SMILES string of the molecule is COc1ccccc1C1CN(Nc2ccc(F)c(Cl)c2)CCN1. The lowest BCUT2D eigenvalue weighted by molar-refractivity contribution is 0.234. The van der Waals surface area contributed by atoms with Gasteiger partial charge in [0.1, 0.15) is 11.6 Å². The summed E-state index contributed by atoms with van der Waals surface area (Å²) >= 11 is 5.83. The second kappa shape index (κ2) is 7.17. The van der Waals surface area contributed by atoms with Gasteiger partial charge in [-0.2, -0.15) is 0 Å². The Morgan fingerprint density at radius 3 is 2.91 bits per heavy atom. The van der Waals surface area contributed by atoms with Crippen molar-refractivity contribution >= 4 is 17.3 Å². The lowest BCUT2D eigenvalue weighted by Crippen LogP contribution is -2.48. The van der Waals surface area contributed by atoms with Gasteiger partial charge in [-0.05, 0) is 24.3 Å². The van der Waals surface area contributed by atoms with Crippen molar-refractivity contribution in [2.75, 3.05) is 32.2 Å². The smallest absolute Gasteiger partial charge is 0.141 e. The van der Waals surface area contributed by atoms with E-state index >= 15 is 0 Å². The number of hydrogen-bond acceptors (Lipinski definition) is 4. The number of piperazine rings is 1. The van der Waals surface area contributed by atoms with Gasteiger partial charge in [0.25, 0.3) is 0 Å². The average Bonchev–Trinajstić information content (AvgIpc) is 2.58. The van der Waals surface area contributed by atoms with Crippen LogP contribution in [0.2, 0.25) is 5.02 Å². The summed E-state index contributed by atoms with van der Waals surface area (Å²) in [5.41, 5.74) is 5.19. The van der Waals surface area contributed by atoms with E-state index < -0.39 is 5.82 Å². The van der Waals surface area contributed by atoms with E-state index in [4.69, 9.17) is 16.3 Å². The van der Waals surface area contributed by atoms with E-state index in [0.29, 0.717) is 0 Å². The van der Waals surface area contributed by atoms with Crippen molar-refractivity contribution in [3.8, 4) is 5.75 Å². The zero-order valence-electron chi connectivity index (χ0n) is 12.9. The fraction of sp³-hybridized carbons (Fsp3) is 0.294. The predicted octanol–water partition coefficient (Wildman–Crippen LogP) is 3.46. The number of hydrazine groups is 1. The number of methoxy groups -OCH3 is 1. The average molecular weight is 336 g/mol. The Morgan fingerprint density at radius 2 is 2.13 bits per heavy atom. The first-order chi connectivity index (χ1) is 11.2. The van der Waals surface area contributed by atoms with Gasteiger partial charge in [0.2, 0.25) is 0 Å². The molecule has 23 heavy (non-hydrogen) atoms. The maximum atomic E-state index is 13.2. The van der Waals surface area contributed by atoms with Crippen LogP contribution in [0.4, 0.5) is 10.1 Å². The molecule has 4 nitrogen and oxygen atoms in total. The van der Waals surface area contributed by atoms with Crippen molar-refractivity contribution in [1.29, 1.82) is 0 Å². The van der Waals surface area contributed by atoms with E-state index in [0.717, 1.165) is 36.6 Å². The Hall–Kier alpha value is -1.82. The highest BCUT2D eigenvalue weighted by Gasteiger charge is 2.23. The quantitative estimate of drug-likeness (QED) is 0.897. The van der Waals surface area contributed by atoms with Crippen molar-refractivity contribution in [3.05, 3.63) is 58.9 Å². The van der Waals surface area contributed by atoms with Gasteiger partial charge in [-0.15, -0.1) is 0 Å². The van der Waals surface area contributed by atoms with E-state index in [9.17, 15) is 4.39 Å². The van der Waals surface area contributed by atoms with Gasteiger partial charge in [-0.3, -0.25) is 0 Å². The molecule has 2 aromatic rings. The molecule has 1 aliphatic heterocycles. The lowest BCUT2D eigenvalue weighted by Gasteiger charge is -2.35. The highest BCUT2D eigenvalue weighted by Crippen LogP contribution is 2.27. The van der Waals surface area contributed by atoms with Gasteiger partial charge in [0, 0.05) is 25.2 Å². The first-order valence-electron chi connectivity index (χ1n) is 7.50. The van der Waals surface area contributed by atoms with E-state index in [1.54, 1.807) is 19.2 Å². The van der Waals surface area contributed by atoms with Crippen molar-refractivity contribution in [2.24, 2.45) is 0 Å². The van der Waals surface area contributed by atoms with Gasteiger partial charge in [-0.1, -0.05) is 29.8 Å². The van der Waals surface area contributed by atoms with Gasteiger partial charge < -0.3 is 15.5 Å². The van der Waals surface area contributed by atoms with Crippen LogP contribution < -0.4 is 15.5 Å². The standard InChI is InChI=1S/C17H19ClFN3O/c1-23-17-5-3-2-4-13(17)16-11-22(9-8-20-16)21-12-6-7-15(19)14(18)10-12/h2-7,10,16,20-21H,8-9,11H2,1H3. The molecule has 2 aromatic carbocycles. The normalized spacial score (nSPS) is 18.7. The van der Waals surface area contributed by atoms with Crippen LogP contribution in [0.15, 0.2) is 42.5 Å². The summed E-state index contributed by atoms with van der Waals surface area (Å²) in [6.07, 6.45) is 0. The molecule has 1 fully saturated rings. The Morgan fingerprint density at radius 1 is 1.30 bits per heavy atom. The zero-order chi connectivity index (χ0) is 16.2. The molecule has 3 rings (SSSR count). The maximum absolute atomic E-state index is 13.2. The molecule has 0 saturated carbocycles. The van der Waals surface area contributed by atoms with Gasteiger partial charge in [0.05, 0.1) is 23.9 Å². The minimum absolute atomic E-state index is 0.117. The molecule has 0 radical (unpaired) electrons. The third-order valence-electron chi connectivity index (χ3n) is 3.90. The van der Waals surface area contributed by atoms with Crippen molar-refractivity contribution in [2.45, 2.75) is 6.04 Å². The maximum Gasteiger partial charge on any atom is 0.141 e. The van der Waals surface area contributed by atoms with E-state index in [-0.39, 0.29) is 11.1 Å². The van der Waals surface area contributed by atoms with Gasteiger partial charge in [-0.25, -0.2) is 9.40 Å². The monoisotopic (exact) mass is 335 g/mol. The van der Waals surface area contributed by atoms with Crippen LogP contribution in [-0.4, -0.2) is 31.8 Å². The Balaban J connectivity index is 1.72. The molecule has 0 aromatic heterocycles. The minimum Gasteiger partial charge on any atom is -0.496 e. The molecule has 1 atom stereocenters. The molecule has 0 spiro atoms. The van der Waals surface area contributed by atoms with E-state index in [2.05, 4.69) is 21.8 Å². The molecule has 2 N–H and O–H groups in total. The highest BCUT2D eigenvalue weighted by atomic mass is 35.5. The third kappa shape index (κ3) is 3.75. The summed E-state index contributed by atoms with van der Waals surface area (Å²) in [6, 6.07) is 12.8. The van der Waals surface area contributed by atoms with Crippen molar-refractivity contribution in [3.63, 3.8) is 0 Å². The summed E-state index contributed by atoms with van der Waals surface area (Å²) in [4.78, 5) is 0. The first-order valence-corrected chi connectivity index (χ1v) is 7.88. The number of anilines is 1. The molecule has 122 valence electrons. The number of para-hydroxylation sites is 1. The first kappa shape index (κ1) is 16.1. The molecule has 1 saturated heterocycles. The molecule has 6 heteroatoms. The Labute approximate surface area is 140 Å². The summed E-state index contributed by atoms with van der Waals surface area (Å²) in [5, 5.41) is 5.71. The Kier molecular flexibility index (Phi) is 5.00. The predicted molar refractivity (Wildman–Crippen MR) is 90.3 cm³/mol. The van der Waals surface area contributed by atoms with E-state index in [1.807, 2.05) is 18.2 Å². The number of benzene rings is 2. The molecule has 1 unspecified atom stereocenters. The number of halogens is 2. The number of rotatable bonds is 4. The zero-order valence-corrected chi connectivity index (χ0v) is 13.6. The highest BCUT2D eigenvalue weighted by molar-refractivity contribution is 6.31. The summed E-state index contributed by atoms with van der Waals surface area (Å²) in [7, 11) is 1.68. The number of hydrogen-bond donors (Lipinski definition) is 2. The number of ether oxygens (including phenoxy) is 1. The molecular formula is C17H19ClFN3O. The number of nitrogens with zero attached hydrogens (tertiary/aromatic N) is 1. The van der Waals surface area contributed by atoms with Crippen LogP contribution in [0.25, 0.3) is 0 Å². The molecule has 1 heterocycles. The molecule has 0 aliphatic carbocycles. The second-order valence-corrected chi connectivity index (χ2v) is 5.84. The number of nitrogens with one attached hydrogen (secondary N) is 2. The summed E-state index contributed by atoms with van der Waals surface area (Å²) in [6.45, 7) is 2.43.